The second kappa shape index (κ2) is 12.7. The van der Waals surface area contributed by atoms with Crippen LogP contribution < -0.4 is 0 Å². The van der Waals surface area contributed by atoms with Gasteiger partial charge in [-0.1, -0.05) is 50.7 Å². The van der Waals surface area contributed by atoms with Gasteiger partial charge in [-0.05, 0) is 32.6 Å². The number of hydrogen-bond donors (Lipinski definition) is 0. The first kappa shape index (κ1) is 17.2. The Morgan fingerprint density at radius 2 is 1.56 bits per heavy atom. The topological polar surface area (TPSA) is 26.3 Å². The zero-order valence-corrected chi connectivity index (χ0v) is 12.5. The van der Waals surface area contributed by atoms with Crippen LogP contribution in [-0.4, -0.2) is 12.6 Å². The van der Waals surface area contributed by atoms with Crippen LogP contribution in [0, 0.1) is 0 Å². The highest BCUT2D eigenvalue weighted by Gasteiger charge is 1.96. The van der Waals surface area contributed by atoms with Crippen molar-refractivity contribution in [2.75, 3.05) is 6.61 Å². The Bertz CT molecular complexity index is 231. The lowest BCUT2D eigenvalue weighted by Crippen LogP contribution is -2.00. The molecule has 0 saturated carbocycles. The molecule has 0 rings (SSSR count). The smallest absolute Gasteiger partial charge is 0.302 e. The van der Waals surface area contributed by atoms with Crippen LogP contribution in [0.4, 0.5) is 0 Å². The maximum atomic E-state index is 10.5. The number of rotatable bonds is 11. The molecule has 106 valence electrons. The lowest BCUT2D eigenvalue weighted by Gasteiger charge is -2.04. The normalized spacial score (nSPS) is 11.6. The van der Waals surface area contributed by atoms with E-state index in [0.29, 0.717) is 6.61 Å². The maximum Gasteiger partial charge on any atom is 0.302 e. The van der Waals surface area contributed by atoms with Crippen molar-refractivity contribution in [3.63, 3.8) is 0 Å². The predicted molar refractivity (Wildman–Crippen MR) is 77.6 cm³/mol. The Morgan fingerprint density at radius 3 is 2.06 bits per heavy atom. The largest absolute Gasteiger partial charge is 0.466 e. The zero-order valence-electron chi connectivity index (χ0n) is 12.5. The number of carbonyl (C=O) groups excluding carboxylic acids is 1. The molecule has 0 aromatic rings. The fraction of sp³-hybridized carbons (Fsp3) is 0.812. The number of ether oxygens (including phenoxy) is 1. The van der Waals surface area contributed by atoms with E-state index in [1.54, 1.807) is 5.57 Å². The molecule has 0 saturated heterocycles. The Balaban J connectivity index is 3.14. The number of unbranched alkanes of at least 4 members (excludes halogenated alkanes) is 6. The van der Waals surface area contributed by atoms with E-state index in [9.17, 15) is 4.79 Å². The van der Waals surface area contributed by atoms with Gasteiger partial charge in [0, 0.05) is 6.92 Å². The third-order valence-corrected chi connectivity index (χ3v) is 3.31. The second-order valence-electron chi connectivity index (χ2n) is 4.87. The van der Waals surface area contributed by atoms with Crippen LogP contribution >= 0.6 is 0 Å². The zero-order chi connectivity index (χ0) is 13.6. The van der Waals surface area contributed by atoms with Crippen molar-refractivity contribution >= 4 is 5.97 Å². The van der Waals surface area contributed by atoms with Gasteiger partial charge < -0.3 is 4.74 Å². The number of hydrogen-bond acceptors (Lipinski definition) is 2. The minimum Gasteiger partial charge on any atom is -0.466 e. The number of carbonyl (C=O) groups is 1. The molecule has 18 heavy (non-hydrogen) atoms. The fourth-order valence-corrected chi connectivity index (χ4v) is 2.08. The summed E-state index contributed by atoms with van der Waals surface area (Å²) in [7, 11) is 0. The molecule has 0 bridgehead atoms. The van der Waals surface area contributed by atoms with Crippen molar-refractivity contribution in [3.8, 4) is 0 Å². The van der Waals surface area contributed by atoms with Crippen LogP contribution in [0.2, 0.25) is 0 Å². The van der Waals surface area contributed by atoms with Crippen molar-refractivity contribution in [3.05, 3.63) is 11.6 Å². The Labute approximate surface area is 113 Å². The van der Waals surface area contributed by atoms with E-state index < -0.39 is 0 Å². The molecule has 0 fully saturated rings. The molecule has 0 aliphatic heterocycles. The molecule has 0 heterocycles. The summed E-state index contributed by atoms with van der Waals surface area (Å²) in [5.41, 5.74) is 1.59. The summed E-state index contributed by atoms with van der Waals surface area (Å²) >= 11 is 0. The molecule has 0 atom stereocenters. The van der Waals surface area contributed by atoms with Gasteiger partial charge in [0.1, 0.15) is 0 Å². The summed E-state index contributed by atoms with van der Waals surface area (Å²) in [6.07, 6.45) is 13.5. The average molecular weight is 254 g/mol. The van der Waals surface area contributed by atoms with Gasteiger partial charge in [-0.15, -0.1) is 0 Å². The fourth-order valence-electron chi connectivity index (χ4n) is 2.08. The molecule has 0 N–H and O–H groups in total. The van der Waals surface area contributed by atoms with E-state index in [4.69, 9.17) is 4.74 Å². The van der Waals surface area contributed by atoms with E-state index in [-0.39, 0.29) is 5.97 Å². The van der Waals surface area contributed by atoms with Crippen LogP contribution in [0.3, 0.4) is 0 Å². The standard InChI is InChI=1S/C16H30O2/c1-4-16(5-2)13-11-9-7-6-8-10-12-14-18-15(3)17/h4H,5-14H2,1-3H3/b16-4-. The minimum absolute atomic E-state index is 0.161. The molecule has 0 spiro atoms. The Kier molecular flexibility index (Phi) is 12.1. The van der Waals surface area contributed by atoms with Gasteiger partial charge in [-0.25, -0.2) is 0 Å². The van der Waals surface area contributed by atoms with Crippen LogP contribution in [0.5, 0.6) is 0 Å². The number of esters is 1. The summed E-state index contributed by atoms with van der Waals surface area (Å²) in [4.78, 5) is 10.5. The van der Waals surface area contributed by atoms with Crippen LogP contribution in [0.25, 0.3) is 0 Å². The first-order valence-electron chi connectivity index (χ1n) is 7.48. The van der Waals surface area contributed by atoms with Crippen molar-refractivity contribution in [2.24, 2.45) is 0 Å². The van der Waals surface area contributed by atoms with Crippen molar-refractivity contribution in [2.45, 2.75) is 78.6 Å². The summed E-state index contributed by atoms with van der Waals surface area (Å²) < 4.78 is 4.89. The molecular weight excluding hydrogens is 224 g/mol. The summed E-state index contributed by atoms with van der Waals surface area (Å²) in [5, 5.41) is 0. The van der Waals surface area contributed by atoms with E-state index in [0.717, 1.165) is 6.42 Å². The van der Waals surface area contributed by atoms with Crippen molar-refractivity contribution in [1.82, 2.24) is 0 Å². The summed E-state index contributed by atoms with van der Waals surface area (Å²) in [6.45, 7) is 6.44. The lowest BCUT2D eigenvalue weighted by molar-refractivity contribution is -0.141. The van der Waals surface area contributed by atoms with Crippen molar-refractivity contribution < 1.29 is 9.53 Å². The molecule has 2 heteroatoms. The van der Waals surface area contributed by atoms with Crippen molar-refractivity contribution in [1.29, 1.82) is 0 Å². The van der Waals surface area contributed by atoms with E-state index in [2.05, 4.69) is 19.9 Å². The van der Waals surface area contributed by atoms with E-state index in [1.807, 2.05) is 0 Å². The minimum atomic E-state index is -0.161. The second-order valence-corrected chi connectivity index (χ2v) is 4.87. The lowest BCUT2D eigenvalue weighted by atomic mass is 10.0. The van der Waals surface area contributed by atoms with Gasteiger partial charge in [-0.2, -0.15) is 0 Å². The Hall–Kier alpha value is -0.790. The monoisotopic (exact) mass is 254 g/mol. The molecular formula is C16H30O2. The third kappa shape index (κ3) is 11.7. The van der Waals surface area contributed by atoms with Crippen LogP contribution in [-0.2, 0) is 9.53 Å². The highest BCUT2D eigenvalue weighted by Crippen LogP contribution is 2.14. The summed E-state index contributed by atoms with van der Waals surface area (Å²) in [5.74, 6) is -0.161. The highest BCUT2D eigenvalue weighted by molar-refractivity contribution is 5.65. The molecule has 0 unspecified atom stereocenters. The first-order chi connectivity index (χ1) is 8.70. The predicted octanol–water partition coefficient (Wildman–Crippen LogP) is 5.03. The third-order valence-electron chi connectivity index (χ3n) is 3.31. The van der Waals surface area contributed by atoms with Gasteiger partial charge in [0.25, 0.3) is 0 Å². The molecule has 0 radical (unpaired) electrons. The molecule has 0 aliphatic carbocycles. The van der Waals surface area contributed by atoms with E-state index >= 15 is 0 Å². The SMILES string of the molecule is C/C=C(/CC)CCCCCCCCCOC(C)=O. The molecule has 2 nitrogen and oxygen atoms in total. The van der Waals surface area contributed by atoms with Gasteiger partial charge in [-0.3, -0.25) is 4.79 Å². The molecule has 0 aromatic heterocycles. The quantitative estimate of drug-likeness (QED) is 0.294. The van der Waals surface area contributed by atoms with Crippen LogP contribution in [0.15, 0.2) is 11.6 Å². The number of allylic oxidation sites excluding steroid dienone is 2. The molecule has 0 amide bonds. The summed E-state index contributed by atoms with van der Waals surface area (Å²) in [6, 6.07) is 0. The molecule has 0 aliphatic rings. The molecule has 0 aromatic carbocycles. The van der Waals surface area contributed by atoms with E-state index in [1.165, 1.54) is 58.3 Å². The van der Waals surface area contributed by atoms with Gasteiger partial charge in [0.2, 0.25) is 0 Å². The Morgan fingerprint density at radius 1 is 1.00 bits per heavy atom. The average Bonchev–Trinajstić information content (AvgIpc) is 2.36. The van der Waals surface area contributed by atoms with Gasteiger partial charge in [0.05, 0.1) is 6.61 Å². The van der Waals surface area contributed by atoms with Gasteiger partial charge in [0.15, 0.2) is 0 Å². The first-order valence-corrected chi connectivity index (χ1v) is 7.48. The van der Waals surface area contributed by atoms with Crippen LogP contribution in [0.1, 0.15) is 78.6 Å². The maximum absolute atomic E-state index is 10.5. The van der Waals surface area contributed by atoms with Gasteiger partial charge >= 0.3 is 5.97 Å². The highest BCUT2D eigenvalue weighted by atomic mass is 16.5.